The molecular formula is C12H21Br2NO. The molecule has 0 aromatic heterocycles. The van der Waals surface area contributed by atoms with Gasteiger partial charge in [-0.25, -0.2) is 0 Å². The minimum atomic E-state index is -0.185. The molecule has 0 radical (unpaired) electrons. The van der Waals surface area contributed by atoms with Crippen molar-refractivity contribution < 1.29 is 4.79 Å². The fourth-order valence-electron chi connectivity index (χ4n) is 2.30. The highest BCUT2D eigenvalue weighted by Gasteiger charge is 2.40. The predicted molar refractivity (Wildman–Crippen MR) is 75.3 cm³/mol. The molecule has 1 fully saturated rings. The monoisotopic (exact) mass is 353 g/mol. The average molecular weight is 355 g/mol. The second kappa shape index (κ2) is 5.38. The van der Waals surface area contributed by atoms with E-state index < -0.39 is 0 Å². The van der Waals surface area contributed by atoms with Crippen LogP contribution in [0, 0.1) is 11.3 Å². The third-order valence-electron chi connectivity index (χ3n) is 3.59. The van der Waals surface area contributed by atoms with Crippen LogP contribution in [-0.4, -0.2) is 22.1 Å². The first-order chi connectivity index (χ1) is 7.34. The van der Waals surface area contributed by atoms with Crippen molar-refractivity contribution in [1.29, 1.82) is 0 Å². The molecule has 16 heavy (non-hydrogen) atoms. The van der Waals surface area contributed by atoms with Gasteiger partial charge >= 0.3 is 0 Å². The molecule has 1 amide bonds. The van der Waals surface area contributed by atoms with Crippen LogP contribution in [0.25, 0.3) is 0 Å². The predicted octanol–water partition coefficient (Wildman–Crippen LogP) is 3.48. The minimum Gasteiger partial charge on any atom is -0.349 e. The number of carbonyl (C=O) groups is 1. The van der Waals surface area contributed by atoms with Gasteiger partial charge in [0.1, 0.15) is 0 Å². The van der Waals surface area contributed by atoms with Gasteiger partial charge in [0.25, 0.3) is 0 Å². The molecule has 0 saturated heterocycles. The number of carbonyl (C=O) groups excluding carboxylic acids is 1. The van der Waals surface area contributed by atoms with E-state index in [9.17, 15) is 4.79 Å². The summed E-state index contributed by atoms with van der Waals surface area (Å²) in [7, 11) is 0. The molecule has 94 valence electrons. The van der Waals surface area contributed by atoms with Crippen molar-refractivity contribution in [2.24, 2.45) is 11.3 Å². The maximum absolute atomic E-state index is 12.2. The highest BCUT2D eigenvalue weighted by atomic mass is 79.9. The van der Waals surface area contributed by atoms with Crippen molar-refractivity contribution in [1.82, 2.24) is 5.32 Å². The molecule has 1 unspecified atom stereocenters. The maximum Gasteiger partial charge on any atom is 0.224 e. The zero-order chi connectivity index (χ0) is 12.4. The van der Waals surface area contributed by atoms with E-state index in [0.29, 0.717) is 0 Å². The molecule has 2 nitrogen and oxygen atoms in total. The van der Waals surface area contributed by atoms with E-state index in [1.165, 1.54) is 6.42 Å². The van der Waals surface area contributed by atoms with Gasteiger partial charge in [-0.3, -0.25) is 4.79 Å². The second-order valence-electron chi connectivity index (χ2n) is 5.75. The largest absolute Gasteiger partial charge is 0.349 e. The van der Waals surface area contributed by atoms with Gasteiger partial charge < -0.3 is 5.32 Å². The van der Waals surface area contributed by atoms with Crippen molar-refractivity contribution in [3.63, 3.8) is 0 Å². The molecule has 1 atom stereocenters. The topological polar surface area (TPSA) is 29.1 Å². The van der Waals surface area contributed by atoms with E-state index in [4.69, 9.17) is 0 Å². The molecule has 1 aliphatic rings. The summed E-state index contributed by atoms with van der Waals surface area (Å²) in [5.41, 5.74) is -0.0284. The number of amides is 1. The van der Waals surface area contributed by atoms with Gasteiger partial charge in [-0.15, -0.1) is 0 Å². The Morgan fingerprint density at radius 3 is 2.38 bits per heavy atom. The lowest BCUT2D eigenvalue weighted by atomic mass is 9.81. The van der Waals surface area contributed by atoms with E-state index in [1.54, 1.807) is 0 Å². The van der Waals surface area contributed by atoms with E-state index in [2.05, 4.69) is 57.9 Å². The Bertz CT molecular complexity index is 262. The van der Waals surface area contributed by atoms with Crippen molar-refractivity contribution in [3.8, 4) is 0 Å². The van der Waals surface area contributed by atoms with E-state index in [0.717, 1.165) is 23.5 Å². The molecule has 0 aromatic carbocycles. The van der Waals surface area contributed by atoms with Crippen LogP contribution in [0.5, 0.6) is 0 Å². The van der Waals surface area contributed by atoms with Crippen LogP contribution in [-0.2, 0) is 4.79 Å². The Kier molecular flexibility index (Phi) is 4.88. The Morgan fingerprint density at radius 1 is 1.44 bits per heavy atom. The molecule has 1 saturated carbocycles. The van der Waals surface area contributed by atoms with E-state index in [1.807, 2.05) is 0 Å². The molecule has 1 aliphatic carbocycles. The molecule has 1 rings (SSSR count). The Labute approximate surface area is 115 Å². The Hall–Kier alpha value is 0.430. The fourth-order valence-corrected chi connectivity index (χ4v) is 3.51. The Balaban J connectivity index is 2.65. The van der Waals surface area contributed by atoms with Gasteiger partial charge in [-0.1, -0.05) is 52.1 Å². The highest BCUT2D eigenvalue weighted by Crippen LogP contribution is 2.42. The summed E-state index contributed by atoms with van der Waals surface area (Å²) >= 11 is 6.91. The maximum atomic E-state index is 12.2. The lowest BCUT2D eigenvalue weighted by Crippen LogP contribution is -2.52. The number of nitrogens with one attached hydrogen (secondary N) is 1. The van der Waals surface area contributed by atoms with Crippen molar-refractivity contribution >= 4 is 37.8 Å². The van der Waals surface area contributed by atoms with Crippen LogP contribution in [0.15, 0.2) is 0 Å². The van der Waals surface area contributed by atoms with Crippen LogP contribution in [0.2, 0.25) is 0 Å². The number of halogens is 2. The van der Waals surface area contributed by atoms with Gasteiger partial charge in [0.2, 0.25) is 5.91 Å². The standard InChI is InChI=1S/C12H21Br2NO/c1-11(2)6-4-5-9(11)10(16)15-12(3,7-13)8-14/h9H,4-8H2,1-3H3,(H,15,16). The second-order valence-corrected chi connectivity index (χ2v) is 6.87. The van der Waals surface area contributed by atoms with Gasteiger partial charge in [0.15, 0.2) is 0 Å². The molecule has 0 bridgehead atoms. The summed E-state index contributed by atoms with van der Waals surface area (Å²) in [5.74, 6) is 0.383. The van der Waals surface area contributed by atoms with Gasteiger partial charge in [0.05, 0.1) is 5.54 Å². The lowest BCUT2D eigenvalue weighted by molar-refractivity contribution is -0.128. The molecular weight excluding hydrogens is 334 g/mol. The van der Waals surface area contributed by atoms with Gasteiger partial charge in [-0.2, -0.15) is 0 Å². The fraction of sp³-hybridized carbons (Fsp3) is 0.917. The average Bonchev–Trinajstić information content (AvgIpc) is 2.58. The molecule has 0 aliphatic heterocycles. The molecule has 0 heterocycles. The van der Waals surface area contributed by atoms with Crippen LogP contribution in [0.3, 0.4) is 0 Å². The smallest absolute Gasteiger partial charge is 0.224 e. The van der Waals surface area contributed by atoms with Crippen LogP contribution >= 0.6 is 31.9 Å². The Morgan fingerprint density at radius 2 is 2.00 bits per heavy atom. The van der Waals surface area contributed by atoms with E-state index >= 15 is 0 Å². The summed E-state index contributed by atoms with van der Waals surface area (Å²) in [6.45, 7) is 6.45. The van der Waals surface area contributed by atoms with Crippen molar-refractivity contribution in [3.05, 3.63) is 0 Å². The summed E-state index contributed by atoms with van der Waals surface area (Å²) in [6, 6.07) is 0. The van der Waals surface area contributed by atoms with Crippen LogP contribution in [0.4, 0.5) is 0 Å². The summed E-state index contributed by atoms with van der Waals surface area (Å²) in [4.78, 5) is 12.2. The summed E-state index contributed by atoms with van der Waals surface area (Å²) in [6.07, 6.45) is 3.36. The third-order valence-corrected chi connectivity index (χ3v) is 6.06. The van der Waals surface area contributed by atoms with Crippen LogP contribution < -0.4 is 5.32 Å². The molecule has 4 heteroatoms. The zero-order valence-electron chi connectivity index (χ0n) is 10.3. The number of alkyl halides is 2. The molecule has 0 aromatic rings. The number of hydrogen-bond donors (Lipinski definition) is 1. The zero-order valence-corrected chi connectivity index (χ0v) is 13.4. The lowest BCUT2D eigenvalue weighted by Gasteiger charge is -2.32. The first-order valence-electron chi connectivity index (χ1n) is 5.78. The SMILES string of the molecule is CC(CBr)(CBr)NC(=O)C1CCCC1(C)C. The van der Waals surface area contributed by atoms with E-state index in [-0.39, 0.29) is 22.8 Å². The van der Waals surface area contributed by atoms with Crippen molar-refractivity contribution in [2.45, 2.75) is 45.6 Å². The minimum absolute atomic E-state index is 0.156. The van der Waals surface area contributed by atoms with Crippen LogP contribution in [0.1, 0.15) is 40.0 Å². The third kappa shape index (κ3) is 3.22. The summed E-state index contributed by atoms with van der Waals surface area (Å²) in [5, 5.41) is 4.69. The molecule has 1 N–H and O–H groups in total. The van der Waals surface area contributed by atoms with Gasteiger partial charge in [-0.05, 0) is 25.2 Å². The van der Waals surface area contributed by atoms with Gasteiger partial charge in [0, 0.05) is 16.6 Å². The first kappa shape index (κ1) is 14.5. The number of rotatable bonds is 4. The quantitative estimate of drug-likeness (QED) is 0.769. The highest BCUT2D eigenvalue weighted by molar-refractivity contribution is 9.09. The first-order valence-corrected chi connectivity index (χ1v) is 8.03. The summed E-state index contributed by atoms with van der Waals surface area (Å²) < 4.78 is 0. The molecule has 0 spiro atoms. The van der Waals surface area contributed by atoms with Crippen molar-refractivity contribution in [2.75, 3.05) is 10.7 Å². The number of hydrogen-bond acceptors (Lipinski definition) is 1. The normalized spacial score (nSPS) is 24.4.